The van der Waals surface area contributed by atoms with Gasteiger partial charge in [-0.2, -0.15) is 26.3 Å². The fourth-order valence-electron chi connectivity index (χ4n) is 2.75. The Morgan fingerprint density at radius 3 is 1.74 bits per heavy atom. The lowest BCUT2D eigenvalue weighted by Gasteiger charge is -2.25. The van der Waals surface area contributed by atoms with Gasteiger partial charge in [-0.1, -0.05) is 84.5 Å². The molecule has 0 bridgehead atoms. The topological polar surface area (TPSA) is 63.6 Å². The fraction of sp³-hybridized carbons (Fsp3) is 0.586. The van der Waals surface area contributed by atoms with Crippen molar-refractivity contribution < 1.29 is 45.8 Å². The summed E-state index contributed by atoms with van der Waals surface area (Å²) in [6, 6.07) is 15.3. The van der Waals surface area contributed by atoms with Crippen molar-refractivity contribution in [3.05, 3.63) is 48.0 Å². The number of esters is 1. The van der Waals surface area contributed by atoms with Gasteiger partial charge in [-0.15, -0.1) is 0 Å². The van der Waals surface area contributed by atoms with E-state index in [4.69, 9.17) is 5.11 Å². The van der Waals surface area contributed by atoms with E-state index in [9.17, 15) is 35.9 Å². The summed E-state index contributed by atoms with van der Waals surface area (Å²) in [5, 5.41) is 10.9. The van der Waals surface area contributed by atoms with Gasteiger partial charge in [0.25, 0.3) is 0 Å². The lowest BCUT2D eigenvalue weighted by molar-refractivity contribution is -0.227. The Kier molecular flexibility index (Phi) is 16.1. The van der Waals surface area contributed by atoms with Crippen LogP contribution in [-0.4, -0.2) is 35.5 Å². The highest BCUT2D eigenvalue weighted by Gasteiger charge is 2.55. The third kappa shape index (κ3) is 11.9. The number of carbonyl (C=O) groups is 2. The Labute approximate surface area is 227 Å². The number of carboxylic acid groups (broad SMARTS) is 1. The number of aliphatic carboxylic acids is 1. The number of alkyl halides is 6. The quantitative estimate of drug-likeness (QED) is 0.267. The molecule has 2 aromatic carbocycles. The number of rotatable bonds is 7. The lowest BCUT2D eigenvalue weighted by Crippen LogP contribution is -2.41. The zero-order valence-electron chi connectivity index (χ0n) is 22.8. The second-order valence-corrected chi connectivity index (χ2v) is 9.33. The molecule has 0 aromatic heterocycles. The maximum absolute atomic E-state index is 12.0. The molecule has 4 atom stereocenters. The average Bonchev–Trinajstić information content (AvgIpc) is 2.86. The molecule has 0 spiro atoms. The monoisotopic (exact) mass is 568 g/mol. The summed E-state index contributed by atoms with van der Waals surface area (Å²) >= 11 is 0. The zero-order chi connectivity index (χ0) is 29.9. The Morgan fingerprint density at radius 1 is 0.872 bits per heavy atom. The molecule has 0 fully saturated rings. The van der Waals surface area contributed by atoms with Gasteiger partial charge >= 0.3 is 24.3 Å². The van der Waals surface area contributed by atoms with Gasteiger partial charge in [-0.25, -0.2) is 0 Å². The Morgan fingerprint density at radius 2 is 1.38 bits per heavy atom. The minimum Gasteiger partial charge on any atom is -0.481 e. The first kappa shape index (κ1) is 38.4. The van der Waals surface area contributed by atoms with E-state index in [1.165, 1.54) is 36.6 Å². The minimum absolute atomic E-state index is 0. The van der Waals surface area contributed by atoms with Crippen LogP contribution in [0.3, 0.4) is 0 Å². The number of fused-ring (bicyclic) bond motifs is 1. The zero-order valence-corrected chi connectivity index (χ0v) is 22.8. The summed E-state index contributed by atoms with van der Waals surface area (Å²) in [6.45, 7) is 10.5. The predicted molar refractivity (Wildman–Crippen MR) is 143 cm³/mol. The molecular weight excluding hydrogens is 526 g/mol. The number of benzene rings is 2. The van der Waals surface area contributed by atoms with Gasteiger partial charge < -0.3 is 9.84 Å². The van der Waals surface area contributed by atoms with Crippen LogP contribution in [0.15, 0.2) is 42.5 Å². The molecule has 0 amide bonds. The number of carboxylic acids is 1. The molecule has 224 valence electrons. The van der Waals surface area contributed by atoms with Crippen molar-refractivity contribution in [1.82, 2.24) is 0 Å². The van der Waals surface area contributed by atoms with Crippen LogP contribution in [0.1, 0.15) is 86.6 Å². The second kappa shape index (κ2) is 16.4. The van der Waals surface area contributed by atoms with E-state index in [-0.39, 0.29) is 7.43 Å². The number of halogens is 6. The number of hydrogen-bond donors (Lipinski definition) is 1. The minimum atomic E-state index is -4.67. The molecule has 0 aliphatic rings. The van der Waals surface area contributed by atoms with E-state index >= 15 is 0 Å². The van der Waals surface area contributed by atoms with Gasteiger partial charge in [0.05, 0.1) is 5.92 Å². The van der Waals surface area contributed by atoms with Crippen LogP contribution in [0, 0.1) is 11.3 Å². The molecule has 0 saturated carbocycles. The highest BCUT2D eigenvalue weighted by atomic mass is 19.4. The Hall–Kier alpha value is -2.78. The van der Waals surface area contributed by atoms with Crippen molar-refractivity contribution in [3.63, 3.8) is 0 Å². The molecule has 2 aromatic rings. The van der Waals surface area contributed by atoms with Gasteiger partial charge in [0.15, 0.2) is 11.5 Å². The van der Waals surface area contributed by atoms with Crippen molar-refractivity contribution in [2.45, 2.75) is 99.5 Å². The normalized spacial score (nSPS) is 15.1. The van der Waals surface area contributed by atoms with Gasteiger partial charge in [0.2, 0.25) is 0 Å². The van der Waals surface area contributed by atoms with E-state index in [1.54, 1.807) is 6.92 Å². The maximum Gasteiger partial charge on any atom is 0.425 e. The van der Waals surface area contributed by atoms with Crippen LogP contribution in [-0.2, 0) is 14.3 Å². The summed E-state index contributed by atoms with van der Waals surface area (Å²) in [7, 11) is 0. The van der Waals surface area contributed by atoms with Gasteiger partial charge in [0, 0.05) is 0 Å². The lowest BCUT2D eigenvalue weighted by atomic mass is 9.87. The van der Waals surface area contributed by atoms with Crippen molar-refractivity contribution in [1.29, 1.82) is 0 Å². The van der Waals surface area contributed by atoms with E-state index in [2.05, 4.69) is 61.0 Å². The number of hydrogen-bond acceptors (Lipinski definition) is 3. The molecule has 39 heavy (non-hydrogen) atoms. The van der Waals surface area contributed by atoms with E-state index in [1.807, 2.05) is 0 Å². The van der Waals surface area contributed by atoms with Crippen LogP contribution in [0.25, 0.3) is 10.8 Å². The first-order valence-corrected chi connectivity index (χ1v) is 12.4. The molecule has 4 unspecified atom stereocenters. The van der Waals surface area contributed by atoms with Crippen molar-refractivity contribution in [2.75, 3.05) is 0 Å². The summed E-state index contributed by atoms with van der Waals surface area (Å²) in [5.41, 5.74) is -1.15. The molecule has 0 radical (unpaired) electrons. The number of carbonyl (C=O) groups excluding carboxylic acids is 1. The third-order valence-electron chi connectivity index (χ3n) is 6.53. The third-order valence-corrected chi connectivity index (χ3v) is 6.53. The van der Waals surface area contributed by atoms with Gasteiger partial charge in [0.1, 0.15) is 0 Å². The van der Waals surface area contributed by atoms with Crippen LogP contribution >= 0.6 is 0 Å². The fourth-order valence-corrected chi connectivity index (χ4v) is 2.75. The molecule has 10 heteroatoms. The molecule has 0 heterocycles. The molecule has 0 aliphatic carbocycles. The maximum atomic E-state index is 12.0. The van der Waals surface area contributed by atoms with Crippen molar-refractivity contribution in [3.8, 4) is 0 Å². The van der Waals surface area contributed by atoms with Crippen LogP contribution in [0.2, 0.25) is 0 Å². The molecule has 1 N–H and O–H groups in total. The largest absolute Gasteiger partial charge is 0.481 e. The highest BCUT2D eigenvalue weighted by Crippen LogP contribution is 2.40. The summed E-state index contributed by atoms with van der Waals surface area (Å²) < 4.78 is 75.8. The highest BCUT2D eigenvalue weighted by molar-refractivity contribution is 5.83. The summed E-state index contributed by atoms with van der Waals surface area (Å²) in [4.78, 5) is 21.1. The summed E-state index contributed by atoms with van der Waals surface area (Å²) in [5.74, 6) is -2.44. The standard InChI is InChI=1S/C14H16.C8H13F3O2.C6H9F3O2.CH4/c1-3-11(2)13-9-8-12-6-4-5-7-14(12)10-13;1-4-5(2)7(12)13-6(3)8(9,10)11;1-3-5(2,4(10)11)6(7,8)9;/h4-11H,3H2,1-2H3;5-6H,4H2,1-3H3;3H2,1-2H3,(H,10,11);1H4. The first-order chi connectivity index (χ1) is 17.3. The smallest absolute Gasteiger partial charge is 0.425 e. The molecule has 4 nitrogen and oxygen atoms in total. The van der Waals surface area contributed by atoms with E-state index in [0.29, 0.717) is 19.3 Å². The Bertz CT molecular complexity index is 1020. The summed E-state index contributed by atoms with van der Waals surface area (Å²) in [6.07, 6.45) is -9.93. The molecule has 2 rings (SSSR count). The van der Waals surface area contributed by atoms with E-state index < -0.39 is 48.1 Å². The molecular formula is C29H42F6O4. The van der Waals surface area contributed by atoms with Crippen LogP contribution in [0.5, 0.6) is 0 Å². The SMILES string of the molecule is C.CCC(C)(C(=O)O)C(F)(F)F.CCC(C)C(=O)OC(C)C(F)(F)F.CCC(C)c1ccc2ccccc2c1. The van der Waals surface area contributed by atoms with Crippen LogP contribution in [0.4, 0.5) is 26.3 Å². The van der Waals surface area contributed by atoms with Crippen molar-refractivity contribution in [2.24, 2.45) is 11.3 Å². The van der Waals surface area contributed by atoms with E-state index in [0.717, 1.165) is 6.92 Å². The molecule has 0 aliphatic heterocycles. The Balaban J connectivity index is 0. The van der Waals surface area contributed by atoms with Gasteiger partial charge in [-0.3, -0.25) is 9.59 Å². The van der Waals surface area contributed by atoms with Crippen molar-refractivity contribution >= 4 is 22.7 Å². The van der Waals surface area contributed by atoms with Crippen LogP contribution < -0.4 is 0 Å². The second-order valence-electron chi connectivity index (χ2n) is 9.33. The number of ether oxygens (including phenoxy) is 1. The average molecular weight is 569 g/mol. The predicted octanol–water partition coefficient (Wildman–Crippen LogP) is 9.57. The molecule has 0 saturated heterocycles. The van der Waals surface area contributed by atoms with Gasteiger partial charge in [-0.05, 0) is 55.4 Å². The first-order valence-electron chi connectivity index (χ1n) is 12.4.